The molecule has 0 aliphatic carbocycles. The third kappa shape index (κ3) is 4.61. The molecule has 0 fully saturated rings. The van der Waals surface area contributed by atoms with Crippen molar-refractivity contribution in [3.8, 4) is 0 Å². The first-order valence-electron chi connectivity index (χ1n) is 7.21. The molecular formula is C17H20ClN3O2. The first-order valence-corrected chi connectivity index (χ1v) is 7.59. The number of nitrogen functional groups attached to an aromatic ring is 1. The predicted octanol–water partition coefficient (Wildman–Crippen LogP) is 3.35. The lowest BCUT2D eigenvalue weighted by Crippen LogP contribution is -2.27. The lowest BCUT2D eigenvalue weighted by atomic mass is 10.1. The van der Waals surface area contributed by atoms with Gasteiger partial charge in [0, 0.05) is 29.9 Å². The molecule has 0 aromatic heterocycles. The van der Waals surface area contributed by atoms with Crippen molar-refractivity contribution in [2.45, 2.75) is 6.92 Å². The summed E-state index contributed by atoms with van der Waals surface area (Å²) in [5.74, 6) is -0.181. The number of carbonyl (C=O) groups is 1. The van der Waals surface area contributed by atoms with Gasteiger partial charge < -0.3 is 21.1 Å². The molecule has 0 radical (unpaired) electrons. The Morgan fingerprint density at radius 3 is 2.70 bits per heavy atom. The molecule has 0 saturated heterocycles. The molecule has 0 spiro atoms. The van der Waals surface area contributed by atoms with Gasteiger partial charge in [-0.2, -0.15) is 0 Å². The number of nitrogens with two attached hydrogens (primary N) is 1. The van der Waals surface area contributed by atoms with Gasteiger partial charge >= 0.3 is 0 Å². The molecule has 0 atom stereocenters. The Morgan fingerprint density at radius 2 is 2.00 bits per heavy atom. The van der Waals surface area contributed by atoms with Gasteiger partial charge in [0.15, 0.2) is 0 Å². The largest absolute Gasteiger partial charge is 0.397 e. The molecule has 0 aliphatic heterocycles. The number of halogens is 1. The number of rotatable bonds is 6. The van der Waals surface area contributed by atoms with E-state index in [1.165, 1.54) is 0 Å². The maximum atomic E-state index is 12.0. The summed E-state index contributed by atoms with van der Waals surface area (Å²) in [5, 5.41) is 6.64. The second-order valence-electron chi connectivity index (χ2n) is 5.13. The number of amides is 1. The highest BCUT2D eigenvalue weighted by molar-refractivity contribution is 6.30. The number of hydrogen-bond donors (Lipinski definition) is 3. The Balaban J connectivity index is 2.13. The van der Waals surface area contributed by atoms with E-state index in [9.17, 15) is 4.79 Å². The molecular weight excluding hydrogens is 314 g/mol. The molecule has 0 unspecified atom stereocenters. The summed E-state index contributed by atoms with van der Waals surface area (Å²) in [6, 6.07) is 10.7. The lowest BCUT2D eigenvalue weighted by molar-refractivity contribution is 0.0937. The van der Waals surface area contributed by atoms with Crippen molar-refractivity contribution in [3.05, 3.63) is 52.5 Å². The van der Waals surface area contributed by atoms with E-state index in [4.69, 9.17) is 22.1 Å². The van der Waals surface area contributed by atoms with Gasteiger partial charge in [-0.15, -0.1) is 0 Å². The molecule has 6 heteroatoms. The molecule has 5 nitrogen and oxygen atoms in total. The predicted molar refractivity (Wildman–Crippen MR) is 94.5 cm³/mol. The molecule has 2 aromatic rings. The monoisotopic (exact) mass is 333 g/mol. The van der Waals surface area contributed by atoms with E-state index < -0.39 is 0 Å². The summed E-state index contributed by atoms with van der Waals surface area (Å²) in [5.41, 5.74) is 9.70. The van der Waals surface area contributed by atoms with Gasteiger partial charge in [0.1, 0.15) is 0 Å². The van der Waals surface area contributed by atoms with Gasteiger partial charge in [-0.25, -0.2) is 0 Å². The van der Waals surface area contributed by atoms with E-state index in [1.807, 2.05) is 25.1 Å². The number of carbonyl (C=O) groups excluding carboxylic acids is 1. The van der Waals surface area contributed by atoms with Crippen molar-refractivity contribution >= 4 is 34.6 Å². The molecule has 4 N–H and O–H groups in total. The van der Waals surface area contributed by atoms with E-state index in [0.717, 1.165) is 16.9 Å². The van der Waals surface area contributed by atoms with Crippen LogP contribution in [0.4, 0.5) is 17.1 Å². The van der Waals surface area contributed by atoms with Crippen LogP contribution < -0.4 is 16.4 Å². The number of ether oxygens (including phenoxy) is 1. The number of anilines is 3. The molecule has 2 rings (SSSR count). The summed E-state index contributed by atoms with van der Waals surface area (Å²) < 4.78 is 4.90. The summed E-state index contributed by atoms with van der Waals surface area (Å²) in [7, 11) is 1.59. The molecule has 1 amide bonds. The van der Waals surface area contributed by atoms with E-state index in [0.29, 0.717) is 29.4 Å². The Hall–Kier alpha value is -2.24. The molecule has 23 heavy (non-hydrogen) atoms. The van der Waals surface area contributed by atoms with Crippen molar-refractivity contribution < 1.29 is 9.53 Å². The first-order chi connectivity index (χ1) is 11.0. The van der Waals surface area contributed by atoms with Crippen LogP contribution in [0, 0.1) is 6.92 Å². The Labute approximate surface area is 140 Å². The van der Waals surface area contributed by atoms with Gasteiger partial charge in [-0.1, -0.05) is 17.7 Å². The van der Waals surface area contributed by atoms with Gasteiger partial charge in [-0.3, -0.25) is 4.79 Å². The Bertz CT molecular complexity index is 704. The average molecular weight is 334 g/mol. The summed E-state index contributed by atoms with van der Waals surface area (Å²) in [4.78, 5) is 12.0. The number of aryl methyl sites for hydroxylation is 1. The van der Waals surface area contributed by atoms with Crippen LogP contribution in [0.3, 0.4) is 0 Å². The maximum absolute atomic E-state index is 12.0. The van der Waals surface area contributed by atoms with Crippen LogP contribution in [0.25, 0.3) is 0 Å². The first kappa shape index (κ1) is 17.1. The minimum atomic E-state index is -0.181. The highest BCUT2D eigenvalue weighted by atomic mass is 35.5. The zero-order valence-corrected chi connectivity index (χ0v) is 13.9. The number of benzene rings is 2. The third-order valence-corrected chi connectivity index (χ3v) is 3.61. The fraction of sp³-hybridized carbons (Fsp3) is 0.235. The highest BCUT2D eigenvalue weighted by Gasteiger charge is 2.09. The molecule has 122 valence electrons. The smallest absolute Gasteiger partial charge is 0.251 e. The van der Waals surface area contributed by atoms with E-state index in [1.54, 1.807) is 25.3 Å². The van der Waals surface area contributed by atoms with Gasteiger partial charge in [0.2, 0.25) is 0 Å². The minimum absolute atomic E-state index is 0.181. The van der Waals surface area contributed by atoms with Crippen LogP contribution in [0.1, 0.15) is 15.9 Å². The van der Waals surface area contributed by atoms with E-state index in [2.05, 4.69) is 10.6 Å². The summed E-state index contributed by atoms with van der Waals surface area (Å²) in [6.07, 6.45) is 0. The molecule has 0 saturated carbocycles. The second kappa shape index (κ2) is 7.85. The van der Waals surface area contributed by atoms with E-state index in [-0.39, 0.29) is 5.91 Å². The van der Waals surface area contributed by atoms with Crippen LogP contribution in [-0.2, 0) is 4.74 Å². The number of methoxy groups -OCH3 is 1. The zero-order chi connectivity index (χ0) is 16.8. The third-order valence-electron chi connectivity index (χ3n) is 3.37. The maximum Gasteiger partial charge on any atom is 0.251 e. The van der Waals surface area contributed by atoms with Crippen LogP contribution in [0.2, 0.25) is 5.02 Å². The molecule has 0 bridgehead atoms. The number of nitrogens with one attached hydrogen (secondary N) is 2. The zero-order valence-electron chi connectivity index (χ0n) is 13.2. The van der Waals surface area contributed by atoms with Crippen molar-refractivity contribution in [1.82, 2.24) is 5.32 Å². The van der Waals surface area contributed by atoms with Crippen molar-refractivity contribution in [3.63, 3.8) is 0 Å². The van der Waals surface area contributed by atoms with Crippen LogP contribution in [0.5, 0.6) is 0 Å². The average Bonchev–Trinajstić information content (AvgIpc) is 2.53. The Morgan fingerprint density at radius 1 is 1.22 bits per heavy atom. The van der Waals surface area contributed by atoms with Crippen molar-refractivity contribution in [2.24, 2.45) is 0 Å². The van der Waals surface area contributed by atoms with E-state index >= 15 is 0 Å². The fourth-order valence-corrected chi connectivity index (χ4v) is 2.23. The topological polar surface area (TPSA) is 76.4 Å². The molecule has 0 heterocycles. The van der Waals surface area contributed by atoms with Crippen LogP contribution in [-0.4, -0.2) is 26.2 Å². The lowest BCUT2D eigenvalue weighted by Gasteiger charge is -2.13. The quantitative estimate of drug-likeness (QED) is 0.559. The Kier molecular flexibility index (Phi) is 5.84. The molecule has 2 aromatic carbocycles. The van der Waals surface area contributed by atoms with Gasteiger partial charge in [0.25, 0.3) is 5.91 Å². The standard InChI is InChI=1S/C17H20ClN3O2/c1-11-3-5-13(18)10-16(11)21-15-6-4-12(9-14(15)19)17(22)20-7-8-23-2/h3-6,9-10,21H,7-8,19H2,1-2H3,(H,20,22). The summed E-state index contributed by atoms with van der Waals surface area (Å²) in [6.45, 7) is 2.90. The second-order valence-corrected chi connectivity index (χ2v) is 5.57. The fourth-order valence-electron chi connectivity index (χ4n) is 2.06. The summed E-state index contributed by atoms with van der Waals surface area (Å²) >= 11 is 6.02. The normalized spacial score (nSPS) is 10.4. The number of hydrogen-bond acceptors (Lipinski definition) is 4. The van der Waals surface area contributed by atoms with Gasteiger partial charge in [-0.05, 0) is 42.8 Å². The van der Waals surface area contributed by atoms with Crippen LogP contribution >= 0.6 is 11.6 Å². The van der Waals surface area contributed by atoms with Gasteiger partial charge in [0.05, 0.1) is 18.0 Å². The molecule has 0 aliphatic rings. The van der Waals surface area contributed by atoms with Crippen molar-refractivity contribution in [1.29, 1.82) is 0 Å². The minimum Gasteiger partial charge on any atom is -0.397 e. The van der Waals surface area contributed by atoms with Crippen molar-refractivity contribution in [2.75, 3.05) is 31.3 Å². The van der Waals surface area contributed by atoms with Crippen LogP contribution in [0.15, 0.2) is 36.4 Å². The SMILES string of the molecule is COCCNC(=O)c1ccc(Nc2cc(Cl)ccc2C)c(N)c1. The highest BCUT2D eigenvalue weighted by Crippen LogP contribution is 2.28.